The number of oxazole rings is 1. The minimum Gasteiger partial charge on any atom is -0.503 e. The van der Waals surface area contributed by atoms with E-state index < -0.39 is 14.5 Å². The summed E-state index contributed by atoms with van der Waals surface area (Å²) in [5, 5.41) is 14.1. The summed E-state index contributed by atoms with van der Waals surface area (Å²) in [5.74, 6) is 3.79. The highest BCUT2D eigenvalue weighted by Gasteiger charge is 2.45. The van der Waals surface area contributed by atoms with Crippen LogP contribution in [-0.2, 0) is 0 Å². The number of hydrogen-bond donors (Lipinski definition) is 0. The summed E-state index contributed by atoms with van der Waals surface area (Å²) in [4.78, 5) is 14.5. The van der Waals surface area contributed by atoms with E-state index in [1.807, 2.05) is 155 Å². The Bertz CT molecular complexity index is 3910. The summed E-state index contributed by atoms with van der Waals surface area (Å²) in [6.07, 6.45) is 0. The van der Waals surface area contributed by atoms with Gasteiger partial charge >= 0.3 is 14.5 Å². The molecule has 0 amide bonds. The van der Waals surface area contributed by atoms with E-state index in [0.717, 1.165) is 15.8 Å². The van der Waals surface area contributed by atoms with E-state index in [0.29, 0.717) is 108 Å². The van der Waals surface area contributed by atoms with Crippen LogP contribution in [0.1, 0.15) is 44.2 Å². The van der Waals surface area contributed by atoms with Crippen molar-refractivity contribution in [1.82, 2.24) is 18.9 Å². The second-order valence-corrected chi connectivity index (χ2v) is 19.8. The predicted octanol–water partition coefficient (Wildman–Crippen LogP) is 11.3. The summed E-state index contributed by atoms with van der Waals surface area (Å²) in [5.41, 5.74) is 5.43. The van der Waals surface area contributed by atoms with Crippen LogP contribution in [0.2, 0.25) is 0 Å². The molecule has 12 rings (SSSR count). The third-order valence-corrected chi connectivity index (χ3v) is 13.6. The lowest BCUT2D eigenvalue weighted by atomic mass is 10.0. The molecule has 0 saturated carbocycles. The second-order valence-electron chi connectivity index (χ2n) is 18.8. The van der Waals surface area contributed by atoms with Crippen molar-refractivity contribution in [2.75, 3.05) is 13.2 Å². The molecule has 2 aliphatic rings. The molecule has 16 heteroatoms. The van der Waals surface area contributed by atoms with Crippen LogP contribution in [0.4, 0.5) is 0 Å². The topological polar surface area (TPSA) is 132 Å². The summed E-state index contributed by atoms with van der Waals surface area (Å²) in [6, 6.07) is 46.6. The summed E-state index contributed by atoms with van der Waals surface area (Å²) >= 11 is 1.40. The van der Waals surface area contributed by atoms with E-state index in [1.54, 1.807) is 0 Å². The van der Waals surface area contributed by atoms with Crippen LogP contribution >= 0.6 is 11.3 Å². The number of thiazole rings is 1. The van der Waals surface area contributed by atoms with Gasteiger partial charge in [-0.2, -0.15) is 5.26 Å². The molecule has 356 valence electrons. The van der Waals surface area contributed by atoms with Crippen LogP contribution in [-0.4, -0.2) is 46.6 Å². The first-order valence-electron chi connectivity index (χ1n) is 24.0. The van der Waals surface area contributed by atoms with Crippen LogP contribution in [0.3, 0.4) is 0 Å². The minimum atomic E-state index is -1.20. The van der Waals surface area contributed by atoms with Gasteiger partial charge in [0.1, 0.15) is 56.7 Å². The molecule has 0 atom stereocenters. The average molecular weight is 979 g/mol. The van der Waals surface area contributed by atoms with Crippen LogP contribution in [0.5, 0.6) is 34.5 Å². The van der Waals surface area contributed by atoms with Crippen molar-refractivity contribution in [3.05, 3.63) is 178 Å². The number of fused-ring (bicyclic) bond motifs is 5. The molecule has 0 aliphatic carbocycles. The van der Waals surface area contributed by atoms with Crippen molar-refractivity contribution >= 4 is 69.2 Å². The third kappa shape index (κ3) is 8.06. The number of para-hydroxylation sites is 5. The van der Waals surface area contributed by atoms with Gasteiger partial charge in [-0.1, -0.05) is 94.4 Å². The molecule has 2 aliphatic heterocycles. The third-order valence-electron chi connectivity index (χ3n) is 12.5. The molecule has 0 fully saturated rings. The molecule has 6 aromatic carbocycles. The molecule has 0 bridgehead atoms. The first-order chi connectivity index (χ1) is 35.6. The van der Waals surface area contributed by atoms with Crippen LogP contribution in [0, 0.1) is 36.7 Å². The number of aromatic nitrogens is 4. The van der Waals surface area contributed by atoms with E-state index in [-0.39, 0.29) is 29.0 Å². The number of rotatable bonds is 12. The van der Waals surface area contributed by atoms with Crippen molar-refractivity contribution in [2.24, 2.45) is 11.8 Å². The maximum atomic E-state index is 11.9. The van der Waals surface area contributed by atoms with Crippen LogP contribution in [0.15, 0.2) is 144 Å². The molecule has 0 N–H and O–H groups in total. The van der Waals surface area contributed by atoms with E-state index >= 15 is 0 Å². The number of hydrogen-bond acceptors (Lipinski definition) is 11. The lowest BCUT2D eigenvalue weighted by Crippen LogP contribution is -2.44. The second kappa shape index (κ2) is 18.4. The first kappa shape index (κ1) is 45.3. The zero-order valence-corrected chi connectivity index (χ0v) is 41.3. The van der Waals surface area contributed by atoms with Gasteiger partial charge in [0.2, 0.25) is 5.89 Å². The highest BCUT2D eigenvalue weighted by atomic mass is 32.1. The molecule has 13 nitrogen and oxygen atoms in total. The summed E-state index contributed by atoms with van der Waals surface area (Å²) < 4.78 is 51.5. The Morgan fingerprint density at radius 1 is 0.658 bits per heavy atom. The standard InChI is InChI=1S/C57H44B2N6O7S/c1-33(2)31-66-38-17-13-15-36(28-38)52-49-50(55(65(52)59-71-45-22-10-11-23-46(45)72-59)51(61-6)56-62-41-26-25-35(5)27-47(41)68-56)53(37-16-14-18-39(29-37)67-32-34(3)4)64(58-69-43-20-8-9-21-44(43)70-58)54(49)40(30-60)57-63-42-19-7-12-24-48(42)73-57/h7-29,33-34H,31-32H2,1-5H3/b54-40-,55-51+. The molecular weight excluding hydrogens is 934 g/mol. The molecular formula is C57H44B2N6O7S. The fraction of sp³-hybridized carbons (Fsp3) is 0.158. The van der Waals surface area contributed by atoms with E-state index in [2.05, 4.69) is 38.6 Å². The molecule has 0 spiro atoms. The first-order valence-corrected chi connectivity index (χ1v) is 24.8. The molecule has 10 aromatic rings. The van der Waals surface area contributed by atoms with Gasteiger partial charge in [-0.15, -0.1) is 11.3 Å². The Morgan fingerprint density at radius 2 is 1.19 bits per heavy atom. The van der Waals surface area contributed by atoms with Crippen molar-refractivity contribution < 1.29 is 32.5 Å². The van der Waals surface area contributed by atoms with Crippen molar-refractivity contribution in [3.63, 3.8) is 0 Å². The quantitative estimate of drug-likeness (QED) is 0.0861. The smallest absolute Gasteiger partial charge is 0.503 e. The maximum Gasteiger partial charge on any atom is 0.743 e. The lowest BCUT2D eigenvalue weighted by molar-refractivity contribution is 0.271. The van der Waals surface area contributed by atoms with Crippen molar-refractivity contribution in [2.45, 2.75) is 34.6 Å². The van der Waals surface area contributed by atoms with Gasteiger partial charge < -0.3 is 41.5 Å². The lowest BCUT2D eigenvalue weighted by Gasteiger charge is -2.17. The average Bonchev–Trinajstić information content (AvgIpc) is 4.28. The number of benzene rings is 6. The Labute approximate surface area is 424 Å². The van der Waals surface area contributed by atoms with Gasteiger partial charge in [0.15, 0.2) is 5.58 Å². The fourth-order valence-electron chi connectivity index (χ4n) is 9.36. The summed E-state index contributed by atoms with van der Waals surface area (Å²) in [6.45, 7) is 20.5. The Kier molecular flexibility index (Phi) is 11.4. The van der Waals surface area contributed by atoms with Crippen LogP contribution < -0.4 is 38.8 Å². The number of aryl methyl sites for hydroxylation is 1. The highest BCUT2D eigenvalue weighted by molar-refractivity contribution is 7.19. The fourth-order valence-corrected chi connectivity index (χ4v) is 10.3. The van der Waals surface area contributed by atoms with E-state index in [4.69, 9.17) is 42.5 Å². The zero-order valence-electron chi connectivity index (χ0n) is 40.5. The molecule has 0 radical (unpaired) electrons. The van der Waals surface area contributed by atoms with Gasteiger partial charge in [0.05, 0.1) is 52.1 Å². The number of nitrogens with zero attached hydrogens (tertiary/aromatic N) is 6. The normalized spacial score (nSPS) is 13.6. The van der Waals surface area contributed by atoms with Gasteiger partial charge in [-0.3, -0.25) is 0 Å². The molecule has 4 aromatic heterocycles. The highest BCUT2D eigenvalue weighted by Crippen LogP contribution is 2.43. The minimum absolute atomic E-state index is 0.0488. The van der Waals surface area contributed by atoms with E-state index in [1.165, 1.54) is 11.3 Å². The Morgan fingerprint density at radius 3 is 1.73 bits per heavy atom. The van der Waals surface area contributed by atoms with Crippen molar-refractivity contribution in [1.29, 1.82) is 5.26 Å². The molecule has 0 saturated heterocycles. The largest absolute Gasteiger partial charge is 0.743 e. The molecule has 6 heterocycles. The predicted molar refractivity (Wildman–Crippen MR) is 284 cm³/mol. The van der Waals surface area contributed by atoms with E-state index in [9.17, 15) is 11.8 Å². The van der Waals surface area contributed by atoms with Crippen LogP contribution in [0.25, 0.3) is 70.7 Å². The Balaban J connectivity index is 1.34. The Hall–Kier alpha value is -8.85. The molecule has 73 heavy (non-hydrogen) atoms. The zero-order chi connectivity index (χ0) is 49.9. The van der Waals surface area contributed by atoms with Gasteiger partial charge in [-0.05, 0) is 97.1 Å². The van der Waals surface area contributed by atoms with Gasteiger partial charge in [0.25, 0.3) is 5.70 Å². The van der Waals surface area contributed by atoms with Gasteiger partial charge in [-0.25, -0.2) is 14.8 Å². The van der Waals surface area contributed by atoms with Crippen molar-refractivity contribution in [3.8, 4) is 63.1 Å². The van der Waals surface area contributed by atoms with Gasteiger partial charge in [0, 0.05) is 21.9 Å². The number of ether oxygens (including phenoxy) is 2. The number of nitriles is 1. The SMILES string of the molecule is [C-]#[N+]/C(c1nc2ccc(C)cc2o1)=c1\c2c(-c3cccc(OCC(C)C)c3)n(B3Oc4ccccc4O3)/c(=C(/C#N)c3nc4ccccc4s3)c2c(-c2cccc(OCC(C)C)c2)n1B1Oc2ccccc2O1. The summed E-state index contributed by atoms with van der Waals surface area (Å²) in [7, 11) is -2.39. The monoisotopic (exact) mass is 978 g/mol. The maximum absolute atomic E-state index is 11.9. The molecule has 0 unspecified atom stereocenters.